The van der Waals surface area contributed by atoms with Crippen LogP contribution in [0.15, 0.2) is 42.5 Å². The summed E-state index contributed by atoms with van der Waals surface area (Å²) in [5, 5.41) is 3.09. The maximum absolute atomic E-state index is 12.7. The molecule has 2 aliphatic rings. The van der Waals surface area contributed by atoms with Gasteiger partial charge in [-0.2, -0.15) is 0 Å². The highest BCUT2D eigenvalue weighted by Crippen LogP contribution is 2.40. The van der Waals surface area contributed by atoms with Crippen molar-refractivity contribution in [1.82, 2.24) is 5.32 Å². The Labute approximate surface area is 194 Å². The quantitative estimate of drug-likeness (QED) is 0.577. The smallest absolute Gasteiger partial charge is 0.244 e. The lowest BCUT2D eigenvalue weighted by atomic mass is 9.74. The fourth-order valence-electron chi connectivity index (χ4n) is 4.21. The summed E-state index contributed by atoms with van der Waals surface area (Å²) in [6.07, 6.45) is 4.99. The number of fused-ring (bicyclic) bond motifs is 1. The van der Waals surface area contributed by atoms with Crippen molar-refractivity contribution in [3.8, 4) is 23.0 Å². The molecule has 2 aromatic rings. The SMILES string of the molecule is CCOc1ccc(/C=C/C(=O)NCC2(c3ccc4c(c3)OCO4)CCOCC2)cc1OCC. The number of carbonyl (C=O) groups is 1. The first-order valence-corrected chi connectivity index (χ1v) is 11.5. The van der Waals surface area contributed by atoms with Gasteiger partial charge in [-0.15, -0.1) is 0 Å². The molecule has 7 nitrogen and oxygen atoms in total. The first-order valence-electron chi connectivity index (χ1n) is 11.5. The summed E-state index contributed by atoms with van der Waals surface area (Å²) in [5.74, 6) is 2.74. The zero-order valence-corrected chi connectivity index (χ0v) is 19.2. The van der Waals surface area contributed by atoms with Gasteiger partial charge in [0.15, 0.2) is 23.0 Å². The van der Waals surface area contributed by atoms with Crippen molar-refractivity contribution >= 4 is 12.0 Å². The van der Waals surface area contributed by atoms with E-state index in [1.165, 1.54) is 0 Å². The molecule has 0 aromatic heterocycles. The van der Waals surface area contributed by atoms with Gasteiger partial charge < -0.3 is 29.0 Å². The molecule has 2 aromatic carbocycles. The van der Waals surface area contributed by atoms with E-state index in [0.717, 1.165) is 35.5 Å². The van der Waals surface area contributed by atoms with E-state index in [1.54, 1.807) is 12.2 Å². The number of hydrogen-bond acceptors (Lipinski definition) is 6. The van der Waals surface area contributed by atoms with E-state index in [4.69, 9.17) is 23.7 Å². The van der Waals surface area contributed by atoms with Crippen LogP contribution in [0.1, 0.15) is 37.8 Å². The van der Waals surface area contributed by atoms with E-state index in [0.29, 0.717) is 44.5 Å². The topological polar surface area (TPSA) is 75.3 Å². The highest BCUT2D eigenvalue weighted by atomic mass is 16.7. The van der Waals surface area contributed by atoms with Gasteiger partial charge in [-0.3, -0.25) is 4.79 Å². The Balaban J connectivity index is 1.44. The molecule has 2 heterocycles. The Morgan fingerprint density at radius 2 is 1.76 bits per heavy atom. The summed E-state index contributed by atoms with van der Waals surface area (Å²) in [6, 6.07) is 11.7. The second-order valence-electron chi connectivity index (χ2n) is 8.08. The average molecular weight is 454 g/mol. The maximum Gasteiger partial charge on any atom is 0.244 e. The molecule has 0 unspecified atom stereocenters. The second-order valence-corrected chi connectivity index (χ2v) is 8.08. The van der Waals surface area contributed by atoms with Crippen LogP contribution in [0.5, 0.6) is 23.0 Å². The number of carbonyl (C=O) groups excluding carboxylic acids is 1. The van der Waals surface area contributed by atoms with Crippen LogP contribution in [-0.2, 0) is 14.9 Å². The predicted molar refractivity (Wildman–Crippen MR) is 125 cm³/mol. The minimum Gasteiger partial charge on any atom is -0.490 e. The minimum absolute atomic E-state index is 0.145. The molecule has 1 saturated heterocycles. The zero-order valence-electron chi connectivity index (χ0n) is 19.2. The highest BCUT2D eigenvalue weighted by Gasteiger charge is 2.35. The molecule has 0 spiro atoms. The van der Waals surface area contributed by atoms with Crippen molar-refractivity contribution in [3.63, 3.8) is 0 Å². The molecule has 1 amide bonds. The van der Waals surface area contributed by atoms with E-state index in [1.807, 2.05) is 44.2 Å². The zero-order chi connectivity index (χ0) is 23.1. The number of amides is 1. The van der Waals surface area contributed by atoms with Crippen molar-refractivity contribution < 1.29 is 28.5 Å². The summed E-state index contributed by atoms with van der Waals surface area (Å²) in [4.78, 5) is 12.7. The van der Waals surface area contributed by atoms with Crippen LogP contribution in [0.4, 0.5) is 0 Å². The van der Waals surface area contributed by atoms with Gasteiger partial charge in [-0.25, -0.2) is 0 Å². The van der Waals surface area contributed by atoms with Crippen molar-refractivity contribution in [2.75, 3.05) is 39.8 Å². The Hall–Kier alpha value is -3.19. The monoisotopic (exact) mass is 453 g/mol. The van der Waals surface area contributed by atoms with Crippen molar-refractivity contribution in [2.45, 2.75) is 32.1 Å². The fourth-order valence-corrected chi connectivity index (χ4v) is 4.21. The predicted octanol–water partition coefficient (Wildman–Crippen LogP) is 4.09. The first kappa shape index (κ1) is 23.0. The molecule has 33 heavy (non-hydrogen) atoms. The molecule has 0 atom stereocenters. The normalized spacial score (nSPS) is 16.5. The number of hydrogen-bond donors (Lipinski definition) is 1. The summed E-state index contributed by atoms with van der Waals surface area (Å²) >= 11 is 0. The Kier molecular flexibility index (Phi) is 7.40. The van der Waals surface area contributed by atoms with Gasteiger partial charge in [0, 0.05) is 31.2 Å². The third-order valence-corrected chi connectivity index (χ3v) is 6.03. The molecule has 7 heteroatoms. The van der Waals surface area contributed by atoms with E-state index in [2.05, 4.69) is 11.4 Å². The molecule has 1 N–H and O–H groups in total. The molecule has 0 bridgehead atoms. The van der Waals surface area contributed by atoms with E-state index < -0.39 is 0 Å². The van der Waals surface area contributed by atoms with Crippen molar-refractivity contribution in [1.29, 1.82) is 0 Å². The molecule has 176 valence electrons. The van der Waals surface area contributed by atoms with Crippen molar-refractivity contribution in [3.05, 3.63) is 53.6 Å². The number of nitrogens with one attached hydrogen (secondary N) is 1. The molecule has 0 saturated carbocycles. The summed E-state index contributed by atoms with van der Waals surface area (Å²) in [5.41, 5.74) is 1.80. The van der Waals surface area contributed by atoms with Crippen LogP contribution in [0.25, 0.3) is 6.08 Å². The van der Waals surface area contributed by atoms with E-state index in [-0.39, 0.29) is 18.1 Å². The standard InChI is InChI=1S/C26H31NO6/c1-3-30-21-8-5-19(15-23(21)31-4-2)6-10-25(28)27-17-26(11-13-29-14-12-26)20-7-9-22-24(16-20)33-18-32-22/h5-10,15-16H,3-4,11-14,17-18H2,1-2H3,(H,27,28)/b10-6+. The molecule has 2 aliphatic heterocycles. The maximum atomic E-state index is 12.7. The minimum atomic E-state index is -0.204. The van der Waals surface area contributed by atoms with Gasteiger partial charge in [-0.1, -0.05) is 12.1 Å². The Bertz CT molecular complexity index is 996. The lowest BCUT2D eigenvalue weighted by Crippen LogP contribution is -2.44. The Morgan fingerprint density at radius 1 is 1.00 bits per heavy atom. The van der Waals surface area contributed by atoms with Crippen LogP contribution >= 0.6 is 0 Å². The molecule has 0 radical (unpaired) electrons. The van der Waals surface area contributed by atoms with Crippen LogP contribution in [0, 0.1) is 0 Å². The molecular weight excluding hydrogens is 422 g/mol. The van der Waals surface area contributed by atoms with Gasteiger partial charge in [0.1, 0.15) is 0 Å². The van der Waals surface area contributed by atoms with E-state index in [9.17, 15) is 4.79 Å². The van der Waals surface area contributed by atoms with Gasteiger partial charge >= 0.3 is 0 Å². The molecule has 1 fully saturated rings. The van der Waals surface area contributed by atoms with Gasteiger partial charge in [0.25, 0.3) is 0 Å². The van der Waals surface area contributed by atoms with Gasteiger partial charge in [0.2, 0.25) is 12.7 Å². The van der Waals surface area contributed by atoms with Crippen LogP contribution in [-0.4, -0.2) is 45.7 Å². The summed E-state index contributed by atoms with van der Waals surface area (Å²) in [6.45, 7) is 7.05. The number of benzene rings is 2. The third-order valence-electron chi connectivity index (χ3n) is 6.03. The number of rotatable bonds is 9. The Morgan fingerprint density at radius 3 is 2.55 bits per heavy atom. The first-order chi connectivity index (χ1) is 16.1. The molecular formula is C26H31NO6. The third kappa shape index (κ3) is 5.42. The van der Waals surface area contributed by atoms with E-state index >= 15 is 0 Å². The van der Waals surface area contributed by atoms with Crippen LogP contribution < -0.4 is 24.3 Å². The average Bonchev–Trinajstić information content (AvgIpc) is 3.32. The fraction of sp³-hybridized carbons (Fsp3) is 0.423. The van der Waals surface area contributed by atoms with Crippen LogP contribution in [0.3, 0.4) is 0 Å². The lowest BCUT2D eigenvalue weighted by Gasteiger charge is -2.38. The number of ether oxygens (including phenoxy) is 5. The van der Waals surface area contributed by atoms with Gasteiger partial charge in [-0.05, 0) is 68.2 Å². The highest BCUT2D eigenvalue weighted by molar-refractivity contribution is 5.91. The summed E-state index contributed by atoms with van der Waals surface area (Å²) < 4.78 is 27.9. The molecule has 0 aliphatic carbocycles. The van der Waals surface area contributed by atoms with Crippen molar-refractivity contribution in [2.24, 2.45) is 0 Å². The van der Waals surface area contributed by atoms with Gasteiger partial charge in [0.05, 0.1) is 13.2 Å². The largest absolute Gasteiger partial charge is 0.490 e. The summed E-state index contributed by atoms with van der Waals surface area (Å²) in [7, 11) is 0. The van der Waals surface area contributed by atoms with Crippen LogP contribution in [0.2, 0.25) is 0 Å². The molecule has 4 rings (SSSR count). The second kappa shape index (κ2) is 10.6. The lowest BCUT2D eigenvalue weighted by molar-refractivity contribution is -0.116.